The fourth-order valence-corrected chi connectivity index (χ4v) is 1.31. The molecule has 0 unspecified atom stereocenters. The van der Waals surface area contributed by atoms with Gasteiger partial charge in [-0.3, -0.25) is 9.48 Å². The van der Waals surface area contributed by atoms with E-state index in [2.05, 4.69) is 26.3 Å². The number of halogens is 1. The molecule has 0 saturated heterocycles. The van der Waals surface area contributed by atoms with E-state index in [9.17, 15) is 4.79 Å². The zero-order valence-electron chi connectivity index (χ0n) is 8.57. The Hall–Kier alpha value is -0.880. The number of alkyl halides is 1. The normalized spacial score (nSPS) is 10.3. The number of hydrogen-bond acceptors (Lipinski definition) is 3. The maximum atomic E-state index is 11.5. The number of aryl methyl sites for hydroxylation is 1. The Morgan fingerprint density at radius 1 is 1.67 bits per heavy atom. The lowest BCUT2D eigenvalue weighted by atomic mass is 10.4. The summed E-state index contributed by atoms with van der Waals surface area (Å²) in [6.07, 6.45) is 1.59. The molecule has 1 aromatic heterocycles. The minimum absolute atomic E-state index is 0.127. The van der Waals surface area contributed by atoms with Crippen LogP contribution in [-0.4, -0.2) is 40.8 Å². The smallest absolute Gasteiger partial charge is 0.269 e. The van der Waals surface area contributed by atoms with Crippen LogP contribution in [0.25, 0.3) is 0 Å². The number of carbonyl (C=O) groups excluding carboxylic acids is 1. The number of hydrogen-bond donors (Lipinski definition) is 1. The minimum Gasteiger partial charge on any atom is -0.379 e. The highest BCUT2D eigenvalue weighted by Gasteiger charge is 2.07. The molecule has 0 aliphatic rings. The molecule has 15 heavy (non-hydrogen) atoms. The number of carbonyl (C=O) groups is 1. The van der Waals surface area contributed by atoms with Gasteiger partial charge in [0.05, 0.1) is 13.2 Å². The fraction of sp³-hybridized carbons (Fsp3) is 0.556. The topological polar surface area (TPSA) is 56.2 Å². The van der Waals surface area contributed by atoms with Gasteiger partial charge in [0, 0.05) is 25.1 Å². The van der Waals surface area contributed by atoms with Crippen LogP contribution in [0.2, 0.25) is 0 Å². The van der Waals surface area contributed by atoms with Gasteiger partial charge in [0.15, 0.2) is 0 Å². The van der Waals surface area contributed by atoms with Gasteiger partial charge in [0.25, 0.3) is 5.91 Å². The van der Waals surface area contributed by atoms with Crippen LogP contribution in [0.4, 0.5) is 0 Å². The molecule has 6 heteroatoms. The average molecular weight is 276 g/mol. The van der Waals surface area contributed by atoms with Crippen LogP contribution in [0.1, 0.15) is 10.5 Å². The molecule has 1 aromatic rings. The monoisotopic (exact) mass is 275 g/mol. The molecule has 0 aromatic carbocycles. The summed E-state index contributed by atoms with van der Waals surface area (Å²) in [5.41, 5.74) is 0.551. The lowest BCUT2D eigenvalue weighted by Gasteiger charge is -2.05. The Balaban J connectivity index is 2.22. The third kappa shape index (κ3) is 4.01. The summed E-state index contributed by atoms with van der Waals surface area (Å²) in [7, 11) is 1.73. The molecule has 0 saturated carbocycles. The van der Waals surface area contributed by atoms with Gasteiger partial charge in [-0.05, 0) is 6.07 Å². The van der Waals surface area contributed by atoms with Crippen molar-refractivity contribution in [2.75, 3.05) is 25.1 Å². The molecule has 0 aliphatic carbocycles. The van der Waals surface area contributed by atoms with Crippen molar-refractivity contribution < 1.29 is 9.53 Å². The highest BCUT2D eigenvalue weighted by molar-refractivity contribution is 9.09. The fourth-order valence-electron chi connectivity index (χ4n) is 1.08. The van der Waals surface area contributed by atoms with Crippen LogP contribution < -0.4 is 5.32 Å². The summed E-state index contributed by atoms with van der Waals surface area (Å²) in [5, 5.41) is 7.47. The highest BCUT2D eigenvalue weighted by Crippen LogP contribution is 1.94. The maximum Gasteiger partial charge on any atom is 0.269 e. The predicted octanol–water partition coefficient (Wildman–Crippen LogP) is 0.561. The first kappa shape index (κ1) is 12.2. The average Bonchev–Trinajstić information content (AvgIpc) is 2.64. The van der Waals surface area contributed by atoms with Gasteiger partial charge in [-0.25, -0.2) is 0 Å². The standard InChI is InChI=1S/C9H14BrN3O2/c1-13-8(2-4-12-13)9(14)11-5-7-15-6-3-10/h2,4H,3,5-7H2,1H3,(H,11,14). The summed E-state index contributed by atoms with van der Waals surface area (Å²) in [4.78, 5) is 11.5. The summed E-state index contributed by atoms with van der Waals surface area (Å²) < 4.78 is 6.73. The number of amides is 1. The zero-order valence-corrected chi connectivity index (χ0v) is 10.2. The number of ether oxygens (including phenoxy) is 1. The first-order valence-corrected chi connectivity index (χ1v) is 5.77. The second-order valence-electron chi connectivity index (χ2n) is 2.90. The third-order valence-corrected chi connectivity index (χ3v) is 2.13. The van der Waals surface area contributed by atoms with Crippen molar-refractivity contribution in [2.45, 2.75) is 0 Å². The highest BCUT2D eigenvalue weighted by atomic mass is 79.9. The molecule has 0 bridgehead atoms. The van der Waals surface area contributed by atoms with Crippen LogP contribution in [0.5, 0.6) is 0 Å². The second-order valence-corrected chi connectivity index (χ2v) is 3.69. The lowest BCUT2D eigenvalue weighted by molar-refractivity contribution is 0.0915. The molecule has 5 nitrogen and oxygen atoms in total. The van der Waals surface area contributed by atoms with E-state index in [4.69, 9.17) is 4.74 Å². The van der Waals surface area contributed by atoms with Gasteiger partial charge in [-0.1, -0.05) is 15.9 Å². The molecule has 0 aliphatic heterocycles. The molecule has 1 N–H and O–H groups in total. The number of nitrogens with zero attached hydrogens (tertiary/aromatic N) is 2. The summed E-state index contributed by atoms with van der Waals surface area (Å²) in [6, 6.07) is 1.68. The van der Waals surface area contributed by atoms with Gasteiger partial charge < -0.3 is 10.1 Å². The van der Waals surface area contributed by atoms with E-state index in [1.165, 1.54) is 4.68 Å². The molecule has 1 amide bonds. The van der Waals surface area contributed by atoms with Crippen molar-refractivity contribution in [3.63, 3.8) is 0 Å². The first-order chi connectivity index (χ1) is 7.25. The molecule has 0 atom stereocenters. The van der Waals surface area contributed by atoms with Gasteiger partial charge in [0.2, 0.25) is 0 Å². The largest absolute Gasteiger partial charge is 0.379 e. The number of rotatable bonds is 6. The first-order valence-electron chi connectivity index (χ1n) is 4.65. The molecular weight excluding hydrogens is 262 g/mol. The number of aromatic nitrogens is 2. The molecule has 1 rings (SSSR count). The van der Waals surface area contributed by atoms with Crippen molar-refractivity contribution in [1.82, 2.24) is 15.1 Å². The van der Waals surface area contributed by atoms with Gasteiger partial charge >= 0.3 is 0 Å². The second kappa shape index (κ2) is 6.58. The predicted molar refractivity (Wildman–Crippen MR) is 60.2 cm³/mol. The molecule has 84 valence electrons. The Morgan fingerprint density at radius 2 is 2.47 bits per heavy atom. The zero-order chi connectivity index (χ0) is 11.1. The lowest BCUT2D eigenvalue weighted by Crippen LogP contribution is -2.29. The van der Waals surface area contributed by atoms with E-state index < -0.39 is 0 Å². The van der Waals surface area contributed by atoms with Crippen LogP contribution in [-0.2, 0) is 11.8 Å². The van der Waals surface area contributed by atoms with Crippen molar-refractivity contribution >= 4 is 21.8 Å². The van der Waals surface area contributed by atoms with Crippen molar-refractivity contribution in [2.24, 2.45) is 7.05 Å². The minimum atomic E-state index is -0.127. The Labute approximate surface area is 96.9 Å². The molecule has 0 fully saturated rings. The van der Waals surface area contributed by atoms with Crippen molar-refractivity contribution in [1.29, 1.82) is 0 Å². The summed E-state index contributed by atoms with van der Waals surface area (Å²) >= 11 is 3.25. The summed E-state index contributed by atoms with van der Waals surface area (Å²) in [5.74, 6) is -0.127. The van der Waals surface area contributed by atoms with Crippen LogP contribution in [0, 0.1) is 0 Å². The van der Waals surface area contributed by atoms with E-state index in [1.807, 2.05) is 0 Å². The molecule has 0 spiro atoms. The van der Waals surface area contributed by atoms with Crippen molar-refractivity contribution in [3.05, 3.63) is 18.0 Å². The van der Waals surface area contributed by atoms with Gasteiger partial charge in [-0.2, -0.15) is 5.10 Å². The van der Waals surface area contributed by atoms with E-state index in [0.29, 0.717) is 25.5 Å². The van der Waals surface area contributed by atoms with E-state index in [1.54, 1.807) is 19.3 Å². The molecular formula is C9H14BrN3O2. The van der Waals surface area contributed by atoms with Crippen LogP contribution in [0.3, 0.4) is 0 Å². The maximum absolute atomic E-state index is 11.5. The third-order valence-electron chi connectivity index (χ3n) is 1.81. The molecule has 1 heterocycles. The quantitative estimate of drug-likeness (QED) is 0.610. The van der Waals surface area contributed by atoms with Crippen LogP contribution >= 0.6 is 15.9 Å². The molecule has 0 radical (unpaired) electrons. The Morgan fingerprint density at radius 3 is 3.07 bits per heavy atom. The van der Waals surface area contributed by atoms with Gasteiger partial charge in [-0.15, -0.1) is 0 Å². The Kier molecular flexibility index (Phi) is 5.34. The van der Waals surface area contributed by atoms with Crippen LogP contribution in [0.15, 0.2) is 12.3 Å². The Bertz CT molecular complexity index is 314. The SMILES string of the molecule is Cn1nccc1C(=O)NCCOCCBr. The number of nitrogens with one attached hydrogen (secondary N) is 1. The van der Waals surface area contributed by atoms with E-state index >= 15 is 0 Å². The van der Waals surface area contributed by atoms with E-state index in [0.717, 1.165) is 5.33 Å². The van der Waals surface area contributed by atoms with E-state index in [-0.39, 0.29) is 5.91 Å². The summed E-state index contributed by atoms with van der Waals surface area (Å²) in [6.45, 7) is 1.69. The van der Waals surface area contributed by atoms with Gasteiger partial charge in [0.1, 0.15) is 5.69 Å². The van der Waals surface area contributed by atoms with Crippen molar-refractivity contribution in [3.8, 4) is 0 Å².